The van der Waals surface area contributed by atoms with Crippen molar-refractivity contribution < 1.29 is 23.8 Å². The van der Waals surface area contributed by atoms with Crippen LogP contribution in [0.1, 0.15) is 33.2 Å². The van der Waals surface area contributed by atoms with E-state index in [2.05, 4.69) is 4.74 Å². The van der Waals surface area contributed by atoms with Gasteiger partial charge >= 0.3 is 5.97 Å². The molecule has 5 heteroatoms. The molecule has 3 rings (SSSR count). The molecule has 0 unspecified atom stereocenters. The number of esters is 1. The Hall–Kier alpha value is -3.08. The Kier molecular flexibility index (Phi) is 4.33. The standard InChI is InChI=1S/C19H16O5/c1-3-23-14-8-9-15-16(11-14)24-17(18(15)20)10-12-4-6-13(7-5-12)19(21)22-2/h4-11H,3H2,1-2H3/b17-10-. The van der Waals surface area contributed by atoms with E-state index in [0.29, 0.717) is 29.2 Å². The zero-order valence-corrected chi connectivity index (χ0v) is 13.4. The maximum Gasteiger partial charge on any atom is 0.337 e. The average Bonchev–Trinajstić information content (AvgIpc) is 2.90. The summed E-state index contributed by atoms with van der Waals surface area (Å²) in [6, 6.07) is 11.9. The van der Waals surface area contributed by atoms with Crippen molar-refractivity contribution in [3.8, 4) is 11.5 Å². The van der Waals surface area contributed by atoms with Crippen molar-refractivity contribution >= 4 is 17.8 Å². The predicted octanol–water partition coefficient (Wildman–Crippen LogP) is 3.49. The number of carbonyl (C=O) groups excluding carboxylic acids is 2. The van der Waals surface area contributed by atoms with Gasteiger partial charge in [-0.05, 0) is 42.8 Å². The molecule has 0 bridgehead atoms. The van der Waals surface area contributed by atoms with Crippen molar-refractivity contribution in [2.24, 2.45) is 0 Å². The van der Waals surface area contributed by atoms with Gasteiger partial charge in [0.2, 0.25) is 5.78 Å². The summed E-state index contributed by atoms with van der Waals surface area (Å²) in [5.41, 5.74) is 1.71. The minimum atomic E-state index is -0.404. The Balaban J connectivity index is 1.84. The maximum atomic E-state index is 12.4. The summed E-state index contributed by atoms with van der Waals surface area (Å²) in [4.78, 5) is 23.8. The molecule has 0 spiro atoms. The summed E-state index contributed by atoms with van der Waals surface area (Å²) >= 11 is 0. The molecule has 24 heavy (non-hydrogen) atoms. The molecular weight excluding hydrogens is 308 g/mol. The van der Waals surface area contributed by atoms with Gasteiger partial charge in [-0.2, -0.15) is 0 Å². The second kappa shape index (κ2) is 6.58. The third-order valence-electron chi connectivity index (χ3n) is 3.58. The molecule has 1 heterocycles. The van der Waals surface area contributed by atoms with Gasteiger partial charge in [-0.3, -0.25) is 4.79 Å². The van der Waals surface area contributed by atoms with E-state index in [1.54, 1.807) is 48.5 Å². The van der Waals surface area contributed by atoms with Gasteiger partial charge < -0.3 is 14.2 Å². The van der Waals surface area contributed by atoms with Crippen LogP contribution >= 0.6 is 0 Å². The molecule has 0 saturated heterocycles. The summed E-state index contributed by atoms with van der Waals surface area (Å²) < 4.78 is 15.7. The Labute approximate surface area is 139 Å². The molecule has 0 fully saturated rings. The summed E-state index contributed by atoms with van der Waals surface area (Å²) in [6.45, 7) is 2.44. The highest BCUT2D eigenvalue weighted by atomic mass is 16.5. The first-order valence-electron chi connectivity index (χ1n) is 7.52. The number of ether oxygens (including phenoxy) is 3. The van der Waals surface area contributed by atoms with E-state index in [4.69, 9.17) is 9.47 Å². The highest BCUT2D eigenvalue weighted by Crippen LogP contribution is 2.34. The third kappa shape index (κ3) is 3.01. The van der Waals surface area contributed by atoms with Crippen LogP contribution < -0.4 is 9.47 Å². The fourth-order valence-corrected chi connectivity index (χ4v) is 2.41. The number of hydrogen-bond donors (Lipinski definition) is 0. The van der Waals surface area contributed by atoms with Crippen LogP contribution in [0.25, 0.3) is 6.08 Å². The largest absolute Gasteiger partial charge is 0.494 e. The second-order valence-corrected chi connectivity index (χ2v) is 5.14. The molecular formula is C19H16O5. The first kappa shape index (κ1) is 15.8. The van der Waals surface area contributed by atoms with E-state index in [0.717, 1.165) is 5.56 Å². The van der Waals surface area contributed by atoms with Gasteiger partial charge in [0.25, 0.3) is 0 Å². The zero-order chi connectivity index (χ0) is 17.1. The van der Waals surface area contributed by atoms with Crippen molar-refractivity contribution in [2.75, 3.05) is 13.7 Å². The Bertz CT molecular complexity index is 818. The fourth-order valence-electron chi connectivity index (χ4n) is 2.41. The molecule has 0 aromatic heterocycles. The number of benzene rings is 2. The van der Waals surface area contributed by atoms with E-state index in [1.807, 2.05) is 6.92 Å². The van der Waals surface area contributed by atoms with E-state index < -0.39 is 5.97 Å². The first-order valence-corrected chi connectivity index (χ1v) is 7.52. The highest BCUT2D eigenvalue weighted by Gasteiger charge is 2.27. The zero-order valence-electron chi connectivity index (χ0n) is 13.4. The molecule has 0 N–H and O–H groups in total. The van der Waals surface area contributed by atoms with Gasteiger partial charge in [-0.1, -0.05) is 12.1 Å². The number of ketones is 1. The van der Waals surface area contributed by atoms with Crippen LogP contribution in [0.2, 0.25) is 0 Å². The molecule has 1 aliphatic rings. The minimum absolute atomic E-state index is 0.176. The van der Waals surface area contributed by atoms with Crippen molar-refractivity contribution in [3.63, 3.8) is 0 Å². The fraction of sp³-hybridized carbons (Fsp3) is 0.158. The molecule has 0 saturated carbocycles. The second-order valence-electron chi connectivity index (χ2n) is 5.14. The summed E-state index contributed by atoms with van der Waals surface area (Å²) in [6.07, 6.45) is 1.64. The number of rotatable bonds is 4. The lowest BCUT2D eigenvalue weighted by Crippen LogP contribution is -2.01. The Morgan fingerprint density at radius 2 is 1.92 bits per heavy atom. The lowest BCUT2D eigenvalue weighted by Gasteiger charge is -2.04. The van der Waals surface area contributed by atoms with Crippen LogP contribution in [0, 0.1) is 0 Å². The van der Waals surface area contributed by atoms with E-state index >= 15 is 0 Å². The smallest absolute Gasteiger partial charge is 0.337 e. The molecule has 2 aromatic rings. The van der Waals surface area contributed by atoms with Crippen LogP contribution in [0.3, 0.4) is 0 Å². The number of hydrogen-bond acceptors (Lipinski definition) is 5. The van der Waals surface area contributed by atoms with Crippen LogP contribution in [0.5, 0.6) is 11.5 Å². The monoisotopic (exact) mass is 324 g/mol. The van der Waals surface area contributed by atoms with Gasteiger partial charge in [0.1, 0.15) is 11.5 Å². The molecule has 1 aliphatic heterocycles. The number of allylic oxidation sites excluding steroid dienone is 1. The molecule has 0 atom stereocenters. The molecule has 5 nitrogen and oxygen atoms in total. The normalized spacial score (nSPS) is 14.2. The molecule has 0 radical (unpaired) electrons. The van der Waals surface area contributed by atoms with Crippen molar-refractivity contribution in [1.29, 1.82) is 0 Å². The maximum absolute atomic E-state index is 12.4. The van der Waals surface area contributed by atoms with E-state index in [9.17, 15) is 9.59 Å². The summed E-state index contributed by atoms with van der Waals surface area (Å²) in [7, 11) is 1.33. The number of carbonyl (C=O) groups is 2. The number of Topliss-reactive ketones (excluding diaryl/α,β-unsaturated/α-hetero) is 1. The Morgan fingerprint density at radius 1 is 1.17 bits per heavy atom. The van der Waals surface area contributed by atoms with Crippen LogP contribution in [0.15, 0.2) is 48.2 Å². The minimum Gasteiger partial charge on any atom is -0.494 e. The quantitative estimate of drug-likeness (QED) is 0.636. The topological polar surface area (TPSA) is 61.8 Å². The van der Waals surface area contributed by atoms with Crippen molar-refractivity contribution in [3.05, 3.63) is 64.9 Å². The van der Waals surface area contributed by atoms with Crippen LogP contribution in [0.4, 0.5) is 0 Å². The average molecular weight is 324 g/mol. The molecule has 0 amide bonds. The van der Waals surface area contributed by atoms with E-state index in [1.165, 1.54) is 7.11 Å². The van der Waals surface area contributed by atoms with Gasteiger partial charge in [-0.15, -0.1) is 0 Å². The predicted molar refractivity (Wildman–Crippen MR) is 88.3 cm³/mol. The molecule has 2 aromatic carbocycles. The van der Waals surface area contributed by atoms with Gasteiger partial charge in [0, 0.05) is 6.07 Å². The van der Waals surface area contributed by atoms with E-state index in [-0.39, 0.29) is 11.5 Å². The number of fused-ring (bicyclic) bond motifs is 1. The van der Waals surface area contributed by atoms with Gasteiger partial charge in [0.15, 0.2) is 5.76 Å². The molecule has 122 valence electrons. The lowest BCUT2D eigenvalue weighted by molar-refractivity contribution is 0.0600. The summed E-state index contributed by atoms with van der Waals surface area (Å²) in [5.74, 6) is 0.809. The Morgan fingerprint density at radius 3 is 2.58 bits per heavy atom. The van der Waals surface area contributed by atoms with Crippen LogP contribution in [-0.2, 0) is 4.74 Å². The van der Waals surface area contributed by atoms with Crippen molar-refractivity contribution in [1.82, 2.24) is 0 Å². The highest BCUT2D eigenvalue weighted by molar-refractivity contribution is 6.14. The van der Waals surface area contributed by atoms with Crippen molar-refractivity contribution in [2.45, 2.75) is 6.92 Å². The van der Waals surface area contributed by atoms with Crippen LogP contribution in [-0.4, -0.2) is 25.5 Å². The first-order chi connectivity index (χ1) is 11.6. The van der Waals surface area contributed by atoms with Gasteiger partial charge in [0.05, 0.1) is 24.8 Å². The summed E-state index contributed by atoms with van der Waals surface area (Å²) in [5, 5.41) is 0. The SMILES string of the molecule is CCOc1ccc2c(c1)O/C(=C\c1ccc(C(=O)OC)cc1)C2=O. The third-order valence-corrected chi connectivity index (χ3v) is 3.58. The number of methoxy groups -OCH3 is 1. The lowest BCUT2D eigenvalue weighted by atomic mass is 10.1. The molecule has 0 aliphatic carbocycles. The van der Waals surface area contributed by atoms with Gasteiger partial charge in [-0.25, -0.2) is 4.79 Å².